The first-order valence-electron chi connectivity index (χ1n) is 7.51. The molecule has 1 aliphatic heterocycles. The van der Waals surface area contributed by atoms with Crippen LogP contribution in [0.2, 0.25) is 0 Å². The quantitative estimate of drug-likeness (QED) is 0.704. The number of benzene rings is 2. The fourth-order valence-corrected chi connectivity index (χ4v) is 4.16. The van der Waals surface area contributed by atoms with Gasteiger partial charge in [0.15, 0.2) is 0 Å². The van der Waals surface area contributed by atoms with E-state index in [1.54, 1.807) is 0 Å². The summed E-state index contributed by atoms with van der Waals surface area (Å²) in [6, 6.07) is 15.4. The summed E-state index contributed by atoms with van der Waals surface area (Å²) in [6.45, 7) is 1.07. The molecule has 2 aromatic rings. The highest BCUT2D eigenvalue weighted by Crippen LogP contribution is 2.40. The fourth-order valence-electron chi connectivity index (χ4n) is 2.73. The van der Waals surface area contributed by atoms with E-state index in [2.05, 4.69) is 83.5 Å². The highest BCUT2D eigenvalue weighted by molar-refractivity contribution is 9.10. The zero-order chi connectivity index (χ0) is 15.5. The lowest BCUT2D eigenvalue weighted by molar-refractivity contribution is 0.417. The van der Waals surface area contributed by atoms with Crippen LogP contribution in [0.25, 0.3) is 5.57 Å². The Kier molecular flexibility index (Phi) is 5.07. The lowest BCUT2D eigenvalue weighted by Crippen LogP contribution is -2.12. The van der Waals surface area contributed by atoms with E-state index in [1.165, 1.54) is 27.2 Å². The van der Waals surface area contributed by atoms with Gasteiger partial charge in [0.25, 0.3) is 0 Å². The van der Waals surface area contributed by atoms with Crippen molar-refractivity contribution in [1.82, 2.24) is 4.90 Å². The Labute approximate surface area is 145 Å². The molecular formula is C19H20BrNS. The molecule has 0 unspecified atom stereocenters. The van der Waals surface area contributed by atoms with Crippen molar-refractivity contribution in [2.24, 2.45) is 0 Å². The third-order valence-corrected chi connectivity index (χ3v) is 5.46. The molecule has 1 aliphatic rings. The second-order valence-electron chi connectivity index (χ2n) is 5.80. The van der Waals surface area contributed by atoms with Gasteiger partial charge in [-0.3, -0.25) is 0 Å². The van der Waals surface area contributed by atoms with E-state index < -0.39 is 0 Å². The first-order valence-corrected chi connectivity index (χ1v) is 9.29. The Balaban J connectivity index is 2.10. The molecule has 0 spiro atoms. The second kappa shape index (κ2) is 7.03. The van der Waals surface area contributed by atoms with Crippen LogP contribution in [0.3, 0.4) is 0 Å². The highest BCUT2D eigenvalue weighted by Gasteiger charge is 2.18. The first-order chi connectivity index (χ1) is 10.6. The van der Waals surface area contributed by atoms with Crippen molar-refractivity contribution in [3.8, 4) is 0 Å². The Hall–Kier alpha value is -1.03. The van der Waals surface area contributed by atoms with Crippen LogP contribution in [0.1, 0.15) is 23.1 Å². The molecule has 1 heterocycles. The maximum Gasteiger partial charge on any atom is 0.0238 e. The van der Waals surface area contributed by atoms with Crippen LogP contribution >= 0.6 is 27.7 Å². The van der Waals surface area contributed by atoms with E-state index in [4.69, 9.17) is 0 Å². The van der Waals surface area contributed by atoms with Gasteiger partial charge in [-0.25, -0.2) is 0 Å². The Bertz CT molecular complexity index is 706. The van der Waals surface area contributed by atoms with Crippen LogP contribution in [0.15, 0.2) is 57.9 Å². The molecule has 0 saturated carbocycles. The van der Waals surface area contributed by atoms with Crippen molar-refractivity contribution >= 4 is 33.3 Å². The lowest BCUT2D eigenvalue weighted by atomic mass is 9.93. The predicted molar refractivity (Wildman–Crippen MR) is 100 cm³/mol. The summed E-state index contributed by atoms with van der Waals surface area (Å²) in [6.07, 6.45) is 3.46. The molecule has 0 atom stereocenters. The molecule has 0 aliphatic carbocycles. The van der Waals surface area contributed by atoms with Gasteiger partial charge in [0.1, 0.15) is 0 Å². The SMILES string of the molecule is CN(C)CC/C=C1\c2cc(Br)ccc2CSc2ccccc21. The Morgan fingerprint density at radius 3 is 2.77 bits per heavy atom. The topological polar surface area (TPSA) is 3.24 Å². The molecule has 0 radical (unpaired) electrons. The first kappa shape index (κ1) is 15.9. The minimum Gasteiger partial charge on any atom is -0.309 e. The van der Waals surface area contributed by atoms with Crippen LogP contribution in [0, 0.1) is 0 Å². The molecule has 0 N–H and O–H groups in total. The minimum absolute atomic E-state index is 1.03. The summed E-state index contributed by atoms with van der Waals surface area (Å²) in [5.41, 5.74) is 5.52. The van der Waals surface area contributed by atoms with Crippen molar-refractivity contribution in [1.29, 1.82) is 0 Å². The summed E-state index contributed by atoms with van der Waals surface area (Å²) in [7, 11) is 4.25. The summed E-state index contributed by atoms with van der Waals surface area (Å²) in [4.78, 5) is 3.61. The molecule has 2 aromatic carbocycles. The molecular weight excluding hydrogens is 354 g/mol. The molecule has 22 heavy (non-hydrogen) atoms. The van der Waals surface area contributed by atoms with Crippen molar-refractivity contribution in [2.45, 2.75) is 17.1 Å². The van der Waals surface area contributed by atoms with E-state index >= 15 is 0 Å². The van der Waals surface area contributed by atoms with Crippen LogP contribution in [0.4, 0.5) is 0 Å². The molecule has 3 rings (SSSR count). The van der Waals surface area contributed by atoms with Crippen LogP contribution < -0.4 is 0 Å². The van der Waals surface area contributed by atoms with Gasteiger partial charge in [-0.05, 0) is 61.0 Å². The summed E-state index contributed by atoms with van der Waals surface area (Å²) < 4.78 is 1.15. The number of thioether (sulfide) groups is 1. The molecule has 114 valence electrons. The monoisotopic (exact) mass is 373 g/mol. The van der Waals surface area contributed by atoms with Gasteiger partial charge in [0.2, 0.25) is 0 Å². The maximum absolute atomic E-state index is 3.63. The number of rotatable bonds is 3. The third kappa shape index (κ3) is 3.48. The lowest BCUT2D eigenvalue weighted by Gasteiger charge is -2.13. The van der Waals surface area contributed by atoms with Crippen LogP contribution in [-0.2, 0) is 5.75 Å². The van der Waals surface area contributed by atoms with E-state index in [0.29, 0.717) is 0 Å². The number of hydrogen-bond donors (Lipinski definition) is 0. The van der Waals surface area contributed by atoms with Gasteiger partial charge >= 0.3 is 0 Å². The van der Waals surface area contributed by atoms with E-state index in [0.717, 1.165) is 23.2 Å². The Morgan fingerprint density at radius 1 is 1.14 bits per heavy atom. The zero-order valence-electron chi connectivity index (χ0n) is 13.0. The number of fused-ring (bicyclic) bond motifs is 2. The number of halogens is 1. The Morgan fingerprint density at radius 2 is 1.95 bits per heavy atom. The van der Waals surface area contributed by atoms with Crippen molar-refractivity contribution in [3.63, 3.8) is 0 Å². The third-order valence-electron chi connectivity index (χ3n) is 3.85. The van der Waals surface area contributed by atoms with Crippen molar-refractivity contribution in [3.05, 3.63) is 69.7 Å². The number of hydrogen-bond acceptors (Lipinski definition) is 2. The summed E-state index contributed by atoms with van der Waals surface area (Å²) >= 11 is 5.57. The maximum atomic E-state index is 3.63. The second-order valence-corrected chi connectivity index (χ2v) is 7.73. The van der Waals surface area contributed by atoms with E-state index in [9.17, 15) is 0 Å². The highest BCUT2D eigenvalue weighted by atomic mass is 79.9. The van der Waals surface area contributed by atoms with E-state index in [1.807, 2.05) is 11.8 Å². The van der Waals surface area contributed by atoms with Gasteiger partial charge in [0, 0.05) is 21.7 Å². The van der Waals surface area contributed by atoms with Gasteiger partial charge in [0.05, 0.1) is 0 Å². The fraction of sp³-hybridized carbons (Fsp3) is 0.263. The predicted octanol–water partition coefficient (Wildman–Crippen LogP) is 5.44. The van der Waals surface area contributed by atoms with Crippen molar-refractivity contribution < 1.29 is 0 Å². The molecule has 0 aromatic heterocycles. The van der Waals surface area contributed by atoms with Crippen LogP contribution in [0.5, 0.6) is 0 Å². The summed E-state index contributed by atoms with van der Waals surface area (Å²) in [5, 5.41) is 0. The molecule has 3 heteroatoms. The van der Waals surface area contributed by atoms with Gasteiger partial charge < -0.3 is 4.90 Å². The number of nitrogens with zero attached hydrogens (tertiary/aromatic N) is 1. The van der Waals surface area contributed by atoms with Crippen molar-refractivity contribution in [2.75, 3.05) is 20.6 Å². The smallest absolute Gasteiger partial charge is 0.0238 e. The molecule has 0 amide bonds. The molecule has 1 nitrogen and oxygen atoms in total. The molecule has 0 fully saturated rings. The summed E-state index contributed by atoms with van der Waals surface area (Å²) in [5.74, 6) is 1.03. The zero-order valence-corrected chi connectivity index (χ0v) is 15.4. The van der Waals surface area contributed by atoms with Gasteiger partial charge in [-0.1, -0.05) is 46.3 Å². The average Bonchev–Trinajstić information content (AvgIpc) is 2.65. The molecule has 0 saturated heterocycles. The van der Waals surface area contributed by atoms with Crippen LogP contribution in [-0.4, -0.2) is 25.5 Å². The van der Waals surface area contributed by atoms with Gasteiger partial charge in [-0.2, -0.15) is 0 Å². The largest absolute Gasteiger partial charge is 0.309 e. The average molecular weight is 374 g/mol. The van der Waals surface area contributed by atoms with Gasteiger partial charge in [-0.15, -0.1) is 11.8 Å². The standard InChI is InChI=1S/C19H20BrNS/c1-21(2)11-5-7-16-17-6-3-4-8-19(17)22-13-14-9-10-15(20)12-18(14)16/h3-4,6-10,12H,5,11,13H2,1-2H3/b16-7-. The minimum atomic E-state index is 1.03. The van der Waals surface area contributed by atoms with E-state index in [-0.39, 0.29) is 0 Å². The molecule has 0 bridgehead atoms. The normalized spacial score (nSPS) is 15.5.